The summed E-state index contributed by atoms with van der Waals surface area (Å²) >= 11 is 3.30. The molecule has 0 atom stereocenters. The van der Waals surface area contributed by atoms with Crippen LogP contribution >= 0.6 is 15.9 Å². The number of benzene rings is 2. The Balaban J connectivity index is 2.14. The van der Waals surface area contributed by atoms with Gasteiger partial charge in [-0.3, -0.25) is 4.79 Å². The standard InChI is InChI=1S/C15H13BrFNO2/c1-2-20-14-7-6-12(9-13(14)17)18-15(19)10-4-3-5-11(16)8-10/h3-9H,2H2,1H3,(H,18,19). The monoisotopic (exact) mass is 337 g/mol. The zero-order valence-corrected chi connectivity index (χ0v) is 12.4. The summed E-state index contributed by atoms with van der Waals surface area (Å²) < 4.78 is 19.6. The van der Waals surface area contributed by atoms with Crippen molar-refractivity contribution in [1.29, 1.82) is 0 Å². The minimum atomic E-state index is -0.501. The van der Waals surface area contributed by atoms with Crippen LogP contribution < -0.4 is 10.1 Å². The Kier molecular flexibility index (Phi) is 4.74. The van der Waals surface area contributed by atoms with E-state index in [-0.39, 0.29) is 11.7 Å². The van der Waals surface area contributed by atoms with E-state index < -0.39 is 5.82 Å². The number of amides is 1. The molecule has 3 nitrogen and oxygen atoms in total. The number of anilines is 1. The Labute approximate surface area is 124 Å². The lowest BCUT2D eigenvalue weighted by Crippen LogP contribution is -2.12. The van der Waals surface area contributed by atoms with E-state index in [0.29, 0.717) is 17.9 Å². The summed E-state index contributed by atoms with van der Waals surface area (Å²) in [5.41, 5.74) is 0.879. The molecule has 5 heteroatoms. The molecule has 1 amide bonds. The van der Waals surface area contributed by atoms with Gasteiger partial charge in [0, 0.05) is 21.8 Å². The van der Waals surface area contributed by atoms with Gasteiger partial charge in [0.2, 0.25) is 0 Å². The Hall–Kier alpha value is -1.88. The average molecular weight is 338 g/mol. The highest BCUT2D eigenvalue weighted by Crippen LogP contribution is 2.22. The van der Waals surface area contributed by atoms with E-state index in [4.69, 9.17) is 4.74 Å². The fourth-order valence-electron chi connectivity index (χ4n) is 1.68. The van der Waals surface area contributed by atoms with E-state index in [0.717, 1.165) is 4.47 Å². The lowest BCUT2D eigenvalue weighted by Gasteiger charge is -2.08. The van der Waals surface area contributed by atoms with Crippen LogP contribution in [0.25, 0.3) is 0 Å². The van der Waals surface area contributed by atoms with Gasteiger partial charge in [0.15, 0.2) is 11.6 Å². The van der Waals surface area contributed by atoms with Crippen molar-refractivity contribution in [3.63, 3.8) is 0 Å². The summed E-state index contributed by atoms with van der Waals surface area (Å²) in [4.78, 5) is 12.0. The molecule has 0 aliphatic heterocycles. The second-order valence-electron chi connectivity index (χ2n) is 4.04. The molecule has 2 aromatic rings. The van der Waals surface area contributed by atoms with Gasteiger partial charge in [-0.2, -0.15) is 0 Å². The maximum Gasteiger partial charge on any atom is 0.255 e. The van der Waals surface area contributed by atoms with Crippen LogP contribution in [0.2, 0.25) is 0 Å². The van der Waals surface area contributed by atoms with Crippen molar-refractivity contribution in [3.8, 4) is 5.75 Å². The molecule has 0 unspecified atom stereocenters. The molecular weight excluding hydrogens is 325 g/mol. The Bertz CT molecular complexity index is 631. The molecule has 0 saturated heterocycles. The number of ether oxygens (including phenoxy) is 1. The first-order valence-electron chi connectivity index (χ1n) is 6.09. The molecule has 0 heterocycles. The van der Waals surface area contributed by atoms with Crippen LogP contribution in [0.15, 0.2) is 46.9 Å². The summed E-state index contributed by atoms with van der Waals surface area (Å²) in [6.07, 6.45) is 0. The molecule has 0 fully saturated rings. The normalized spacial score (nSPS) is 10.2. The first-order chi connectivity index (χ1) is 9.60. The van der Waals surface area contributed by atoms with E-state index in [1.807, 2.05) is 6.07 Å². The largest absolute Gasteiger partial charge is 0.491 e. The van der Waals surface area contributed by atoms with E-state index in [9.17, 15) is 9.18 Å². The molecule has 0 aliphatic rings. The molecule has 0 aromatic heterocycles. The predicted molar refractivity (Wildman–Crippen MR) is 79.7 cm³/mol. The van der Waals surface area contributed by atoms with E-state index in [1.54, 1.807) is 31.2 Å². The molecule has 0 aliphatic carbocycles. The summed E-state index contributed by atoms with van der Waals surface area (Å²) in [5, 5.41) is 2.64. The molecule has 2 aromatic carbocycles. The molecule has 0 spiro atoms. The van der Waals surface area contributed by atoms with Crippen LogP contribution in [0.1, 0.15) is 17.3 Å². The van der Waals surface area contributed by atoms with Crippen molar-refractivity contribution in [2.45, 2.75) is 6.92 Å². The van der Waals surface area contributed by atoms with Crippen LogP contribution in [0.5, 0.6) is 5.75 Å². The molecule has 2 rings (SSSR count). The molecule has 20 heavy (non-hydrogen) atoms. The van der Waals surface area contributed by atoms with Gasteiger partial charge in [-0.1, -0.05) is 22.0 Å². The van der Waals surface area contributed by atoms with Gasteiger partial charge in [-0.15, -0.1) is 0 Å². The van der Waals surface area contributed by atoms with Crippen LogP contribution in [-0.2, 0) is 0 Å². The highest BCUT2D eigenvalue weighted by molar-refractivity contribution is 9.10. The third-order valence-corrected chi connectivity index (χ3v) is 3.07. The van der Waals surface area contributed by atoms with Crippen molar-refractivity contribution in [2.24, 2.45) is 0 Å². The van der Waals surface area contributed by atoms with E-state index in [2.05, 4.69) is 21.2 Å². The van der Waals surface area contributed by atoms with Crippen LogP contribution in [-0.4, -0.2) is 12.5 Å². The van der Waals surface area contributed by atoms with Crippen molar-refractivity contribution >= 4 is 27.5 Å². The minimum Gasteiger partial charge on any atom is -0.491 e. The number of halogens is 2. The lowest BCUT2D eigenvalue weighted by atomic mass is 10.2. The number of hydrogen-bond donors (Lipinski definition) is 1. The predicted octanol–water partition coefficient (Wildman–Crippen LogP) is 4.24. The highest BCUT2D eigenvalue weighted by atomic mass is 79.9. The van der Waals surface area contributed by atoms with E-state index >= 15 is 0 Å². The highest BCUT2D eigenvalue weighted by Gasteiger charge is 2.09. The average Bonchev–Trinajstić information content (AvgIpc) is 2.42. The maximum absolute atomic E-state index is 13.7. The zero-order valence-electron chi connectivity index (χ0n) is 10.8. The summed E-state index contributed by atoms with van der Waals surface area (Å²) in [6, 6.07) is 11.3. The van der Waals surface area contributed by atoms with Crippen molar-refractivity contribution in [3.05, 3.63) is 58.3 Å². The van der Waals surface area contributed by atoms with Gasteiger partial charge in [0.1, 0.15) is 0 Å². The molecule has 0 radical (unpaired) electrons. The van der Waals surface area contributed by atoms with Gasteiger partial charge in [0.25, 0.3) is 5.91 Å². The zero-order chi connectivity index (χ0) is 14.5. The number of rotatable bonds is 4. The van der Waals surface area contributed by atoms with Gasteiger partial charge in [-0.05, 0) is 37.3 Å². The fourth-order valence-corrected chi connectivity index (χ4v) is 2.08. The number of nitrogens with one attached hydrogen (secondary N) is 1. The summed E-state index contributed by atoms with van der Waals surface area (Å²) in [6.45, 7) is 2.17. The topological polar surface area (TPSA) is 38.3 Å². The molecular formula is C15H13BrFNO2. The third kappa shape index (κ3) is 3.57. The molecule has 0 bridgehead atoms. The lowest BCUT2D eigenvalue weighted by molar-refractivity contribution is 0.102. The summed E-state index contributed by atoms with van der Waals surface area (Å²) in [7, 11) is 0. The number of carbonyl (C=O) groups is 1. The van der Waals surface area contributed by atoms with E-state index in [1.165, 1.54) is 12.1 Å². The summed E-state index contributed by atoms with van der Waals surface area (Å²) in [5.74, 6) is -0.623. The second kappa shape index (κ2) is 6.52. The molecule has 1 N–H and O–H groups in total. The first kappa shape index (κ1) is 14.5. The smallest absolute Gasteiger partial charge is 0.255 e. The Morgan fingerprint density at radius 1 is 1.30 bits per heavy atom. The molecule has 0 saturated carbocycles. The van der Waals surface area contributed by atoms with Crippen molar-refractivity contribution < 1.29 is 13.9 Å². The van der Waals surface area contributed by atoms with Gasteiger partial charge in [-0.25, -0.2) is 4.39 Å². The van der Waals surface area contributed by atoms with Crippen LogP contribution in [0.3, 0.4) is 0 Å². The SMILES string of the molecule is CCOc1ccc(NC(=O)c2cccc(Br)c2)cc1F. The van der Waals surface area contributed by atoms with Crippen LogP contribution in [0, 0.1) is 5.82 Å². The fraction of sp³-hybridized carbons (Fsp3) is 0.133. The van der Waals surface area contributed by atoms with Gasteiger partial charge in [0.05, 0.1) is 6.61 Å². The Morgan fingerprint density at radius 3 is 2.75 bits per heavy atom. The molecule has 104 valence electrons. The Morgan fingerprint density at radius 2 is 2.10 bits per heavy atom. The van der Waals surface area contributed by atoms with Crippen molar-refractivity contribution in [1.82, 2.24) is 0 Å². The maximum atomic E-state index is 13.7. The van der Waals surface area contributed by atoms with Crippen molar-refractivity contribution in [2.75, 3.05) is 11.9 Å². The van der Waals surface area contributed by atoms with Gasteiger partial charge < -0.3 is 10.1 Å². The second-order valence-corrected chi connectivity index (χ2v) is 4.96. The van der Waals surface area contributed by atoms with Gasteiger partial charge >= 0.3 is 0 Å². The number of carbonyl (C=O) groups excluding carboxylic acids is 1. The van der Waals surface area contributed by atoms with Crippen LogP contribution in [0.4, 0.5) is 10.1 Å². The minimum absolute atomic E-state index is 0.174. The quantitative estimate of drug-likeness (QED) is 0.906. The number of hydrogen-bond acceptors (Lipinski definition) is 2. The first-order valence-corrected chi connectivity index (χ1v) is 6.88. The third-order valence-electron chi connectivity index (χ3n) is 2.58.